The largest absolute Gasteiger partial charge is 0.414 e. The van der Waals surface area contributed by atoms with Crippen molar-refractivity contribution in [2.75, 3.05) is 6.61 Å². The van der Waals surface area contributed by atoms with Crippen molar-refractivity contribution in [1.29, 1.82) is 0 Å². The zero-order chi connectivity index (χ0) is 36.5. The highest BCUT2D eigenvalue weighted by Crippen LogP contribution is 2.57. The zero-order valence-electron chi connectivity index (χ0n) is 30.3. The molecule has 6 atom stereocenters. The Labute approximate surface area is 311 Å². The Bertz CT molecular complexity index is 1730. The maximum absolute atomic E-state index is 15.1. The van der Waals surface area contributed by atoms with Gasteiger partial charge in [-0.3, -0.25) is 14.4 Å². The maximum atomic E-state index is 15.1. The first-order chi connectivity index (χ1) is 24.4. The van der Waals surface area contributed by atoms with E-state index in [1.54, 1.807) is 4.90 Å². The molecule has 2 N–H and O–H groups in total. The van der Waals surface area contributed by atoms with Gasteiger partial charge in [-0.1, -0.05) is 142 Å². The lowest BCUT2D eigenvalue weighted by Gasteiger charge is -2.44. The van der Waals surface area contributed by atoms with E-state index in [2.05, 4.69) is 68.1 Å². The van der Waals surface area contributed by atoms with Crippen LogP contribution in [0.3, 0.4) is 0 Å². The number of carbonyl (C=O) groups excluding carboxylic acids is 3. The second-order valence-corrected chi connectivity index (χ2v) is 21.4. The van der Waals surface area contributed by atoms with Crippen LogP contribution in [-0.4, -0.2) is 55.3 Å². The second kappa shape index (κ2) is 15.2. The summed E-state index contributed by atoms with van der Waals surface area (Å²) in [5.41, 5.74) is 2.41. The van der Waals surface area contributed by atoms with Gasteiger partial charge < -0.3 is 24.7 Å². The summed E-state index contributed by atoms with van der Waals surface area (Å²) in [5.74, 6) is -2.54. The van der Waals surface area contributed by atoms with Gasteiger partial charge >= 0.3 is 0 Å². The minimum Gasteiger partial charge on any atom is -0.414 e. The van der Waals surface area contributed by atoms with Crippen LogP contribution in [0.4, 0.5) is 0 Å². The van der Waals surface area contributed by atoms with Crippen LogP contribution in [0.25, 0.3) is 0 Å². The Morgan fingerprint density at radius 3 is 2.06 bits per heavy atom. The third kappa shape index (κ3) is 6.88. The first-order valence-corrected chi connectivity index (χ1v) is 21.1. The number of halogens is 1. The third-order valence-electron chi connectivity index (χ3n) is 11.2. The van der Waals surface area contributed by atoms with Crippen molar-refractivity contribution in [1.82, 2.24) is 15.5 Å². The van der Waals surface area contributed by atoms with Crippen LogP contribution in [0, 0.1) is 11.8 Å². The Balaban J connectivity index is 1.39. The van der Waals surface area contributed by atoms with Crippen molar-refractivity contribution < 1.29 is 23.5 Å². The first kappa shape index (κ1) is 37.2. The van der Waals surface area contributed by atoms with Crippen LogP contribution in [0.15, 0.2) is 102 Å². The lowest BCUT2D eigenvalue weighted by Crippen LogP contribution is -2.56. The topological polar surface area (TPSA) is 97.0 Å². The Morgan fingerprint density at radius 1 is 0.843 bits per heavy atom. The average Bonchev–Trinajstić information content (AvgIpc) is 3.76. The third-order valence-corrected chi connectivity index (χ3v) is 17.8. The Morgan fingerprint density at radius 2 is 1.43 bits per heavy atom. The molecular weight excluding hydrogens is 722 g/mol. The van der Waals surface area contributed by atoms with Gasteiger partial charge in [0, 0.05) is 17.6 Å². The summed E-state index contributed by atoms with van der Waals surface area (Å²) in [5, 5.41) is 6.19. The molecule has 8 nitrogen and oxygen atoms in total. The molecule has 6 rings (SSSR count). The molecule has 2 saturated heterocycles. The minimum atomic E-state index is -2.38. The number of ether oxygens (including phenoxy) is 1. The Kier molecular flexibility index (Phi) is 11.1. The van der Waals surface area contributed by atoms with Crippen molar-refractivity contribution >= 4 is 42.0 Å². The van der Waals surface area contributed by atoms with Crippen LogP contribution < -0.4 is 10.6 Å². The molecule has 2 fully saturated rings. The van der Waals surface area contributed by atoms with E-state index in [1.807, 2.05) is 97.1 Å². The van der Waals surface area contributed by atoms with Crippen molar-refractivity contribution in [3.63, 3.8) is 0 Å². The average molecular weight is 773 g/mol. The molecule has 1 spiro atoms. The van der Waals surface area contributed by atoms with Crippen molar-refractivity contribution in [3.8, 4) is 0 Å². The van der Waals surface area contributed by atoms with E-state index in [1.165, 1.54) is 0 Å². The summed E-state index contributed by atoms with van der Waals surface area (Å²) >= 11 is 3.50. The van der Waals surface area contributed by atoms with Gasteiger partial charge in [-0.25, -0.2) is 0 Å². The van der Waals surface area contributed by atoms with Crippen LogP contribution in [0.2, 0.25) is 16.6 Å². The summed E-state index contributed by atoms with van der Waals surface area (Å²) in [6.07, 6.45) is 3.10. The standard InChI is InChI=1S/C41H50BrN3O5Si/c1-26(2)51(27(3)4,28(5)6)49-25-33(31-17-11-8-12-18-31)45-37(39(47)44-23-29-14-9-7-10-15-29)41-21-20-34(50-41)35(36(41)40(45)48)38(46)43-24-30-16-13-19-32(42)22-30/h7-22,26-28,33-37H,23-25H2,1-6H3,(H,43,46)(H,44,47)/t33?,34-,35+,36+,37-,41+/m0/s1. The molecule has 0 saturated carbocycles. The molecule has 0 aliphatic carbocycles. The highest BCUT2D eigenvalue weighted by atomic mass is 79.9. The van der Waals surface area contributed by atoms with E-state index in [0.717, 1.165) is 21.2 Å². The fourth-order valence-corrected chi connectivity index (χ4v) is 15.0. The molecule has 3 aromatic carbocycles. The fourth-order valence-electron chi connectivity index (χ4n) is 9.11. The maximum Gasteiger partial charge on any atom is 0.246 e. The van der Waals surface area contributed by atoms with E-state index in [0.29, 0.717) is 29.7 Å². The SMILES string of the molecule is CC(C)[Si](OCC(c1ccccc1)N1C(=O)[C@H]2[C@H](C(=O)NCc3cccc(Br)c3)[C@@H]3C=C[C@]2(O3)[C@@H]1C(=O)NCc1ccccc1)(C(C)C)C(C)C. The van der Waals surface area contributed by atoms with E-state index in [-0.39, 0.29) is 24.3 Å². The first-order valence-electron chi connectivity index (χ1n) is 18.1. The number of nitrogens with one attached hydrogen (secondary N) is 2. The molecule has 3 aliphatic rings. The van der Waals surface area contributed by atoms with Gasteiger partial charge in [-0.05, 0) is 45.4 Å². The molecule has 2 bridgehead atoms. The lowest BCUT2D eigenvalue weighted by atomic mass is 9.74. The fraction of sp³-hybridized carbons (Fsp3) is 0.439. The predicted molar refractivity (Wildman–Crippen MR) is 205 cm³/mol. The van der Waals surface area contributed by atoms with Gasteiger partial charge in [0.15, 0.2) is 8.32 Å². The van der Waals surface area contributed by atoms with Gasteiger partial charge in [0.25, 0.3) is 0 Å². The van der Waals surface area contributed by atoms with Gasteiger partial charge in [0.2, 0.25) is 17.7 Å². The van der Waals surface area contributed by atoms with E-state index in [4.69, 9.17) is 9.16 Å². The van der Waals surface area contributed by atoms with Crippen molar-refractivity contribution in [2.24, 2.45) is 11.8 Å². The molecule has 3 aromatic rings. The molecule has 0 aromatic heterocycles. The van der Waals surface area contributed by atoms with Crippen molar-refractivity contribution in [3.05, 3.63) is 118 Å². The summed E-state index contributed by atoms with van der Waals surface area (Å²) in [7, 11) is -2.38. The molecule has 0 radical (unpaired) electrons. The molecule has 1 unspecified atom stereocenters. The van der Waals surface area contributed by atoms with Crippen LogP contribution >= 0.6 is 15.9 Å². The summed E-state index contributed by atoms with van der Waals surface area (Å²) in [6.45, 7) is 14.3. The molecule has 3 heterocycles. The predicted octanol–water partition coefficient (Wildman–Crippen LogP) is 7.47. The number of benzene rings is 3. The van der Waals surface area contributed by atoms with Crippen LogP contribution in [0.5, 0.6) is 0 Å². The molecule has 10 heteroatoms. The molecule has 51 heavy (non-hydrogen) atoms. The van der Waals surface area contributed by atoms with E-state index in [9.17, 15) is 9.59 Å². The van der Waals surface area contributed by atoms with Crippen molar-refractivity contribution in [2.45, 2.75) is 95.0 Å². The highest BCUT2D eigenvalue weighted by molar-refractivity contribution is 9.10. The van der Waals surface area contributed by atoms with Gasteiger partial charge in [0.05, 0.1) is 30.6 Å². The number of amides is 3. The minimum absolute atomic E-state index is 0.231. The van der Waals surface area contributed by atoms with Crippen LogP contribution in [0.1, 0.15) is 64.3 Å². The van der Waals surface area contributed by atoms with Gasteiger partial charge in [-0.15, -0.1) is 0 Å². The number of likely N-dealkylation sites (tertiary alicyclic amines) is 1. The number of nitrogens with zero attached hydrogens (tertiary/aromatic N) is 1. The van der Waals surface area contributed by atoms with Gasteiger partial charge in [-0.2, -0.15) is 0 Å². The van der Waals surface area contributed by atoms with E-state index < -0.39 is 43.9 Å². The smallest absolute Gasteiger partial charge is 0.246 e. The summed E-state index contributed by atoms with van der Waals surface area (Å²) < 4.78 is 14.8. The Hall–Kier alpha value is -3.57. The number of hydrogen-bond donors (Lipinski definition) is 2. The molecule has 270 valence electrons. The lowest BCUT2D eigenvalue weighted by molar-refractivity contribution is -0.145. The van der Waals surface area contributed by atoms with E-state index >= 15 is 4.79 Å². The highest BCUT2D eigenvalue weighted by Gasteiger charge is 2.73. The monoisotopic (exact) mass is 771 g/mol. The van der Waals surface area contributed by atoms with Crippen LogP contribution in [-0.2, 0) is 36.6 Å². The molecule has 3 amide bonds. The number of carbonyl (C=O) groups is 3. The zero-order valence-corrected chi connectivity index (χ0v) is 32.9. The summed E-state index contributed by atoms with van der Waals surface area (Å²) in [6, 6.07) is 25.7. The normalized spacial score (nSPS) is 24.4. The summed E-state index contributed by atoms with van der Waals surface area (Å²) in [4.78, 5) is 45.5. The molecule has 3 aliphatic heterocycles. The number of hydrogen-bond acceptors (Lipinski definition) is 5. The number of rotatable bonds is 14. The quantitative estimate of drug-likeness (QED) is 0.131. The molecular formula is C41H50BrN3O5Si. The van der Waals surface area contributed by atoms with Gasteiger partial charge in [0.1, 0.15) is 11.6 Å². The second-order valence-electron chi connectivity index (χ2n) is 15.1. The number of fused-ring (bicyclic) bond motifs is 1.